The number of carbonyl (C=O) groups is 1. The molecule has 5 nitrogen and oxygen atoms in total. The molecule has 0 bridgehead atoms. The van der Waals surface area contributed by atoms with Crippen LogP contribution >= 0.6 is 11.6 Å². The van der Waals surface area contributed by atoms with E-state index in [1.54, 1.807) is 7.11 Å². The second-order valence-electron chi connectivity index (χ2n) is 6.03. The number of methoxy groups -OCH3 is 1. The molecule has 0 fully saturated rings. The Morgan fingerprint density at radius 3 is 2.88 bits per heavy atom. The molecule has 7 heteroatoms. The van der Waals surface area contributed by atoms with E-state index in [1.165, 1.54) is 12.1 Å². The van der Waals surface area contributed by atoms with Crippen LogP contribution in [0.2, 0.25) is 5.02 Å². The predicted molar refractivity (Wildman–Crippen MR) is 97.3 cm³/mol. The lowest BCUT2D eigenvalue weighted by atomic mass is 9.89. The number of carbonyl (C=O) groups excluding carboxylic acids is 1. The van der Waals surface area contributed by atoms with Gasteiger partial charge in [0.1, 0.15) is 17.3 Å². The molecule has 1 aliphatic carbocycles. The Bertz CT molecular complexity index is 1020. The number of aryl methyl sites for hydroxylation is 1. The quantitative estimate of drug-likeness (QED) is 0.724. The minimum absolute atomic E-state index is 0.0729. The van der Waals surface area contributed by atoms with E-state index in [1.807, 2.05) is 18.2 Å². The molecule has 1 heterocycles. The summed E-state index contributed by atoms with van der Waals surface area (Å²) < 4.78 is 19.2. The van der Waals surface area contributed by atoms with Crippen molar-refractivity contribution in [2.24, 2.45) is 0 Å². The maximum Gasteiger partial charge on any atom is 0.274 e. The average molecular weight is 372 g/mol. The molecule has 2 N–H and O–H groups in total. The number of fused-ring (bicyclic) bond motifs is 3. The summed E-state index contributed by atoms with van der Waals surface area (Å²) in [4.78, 5) is 12.6. The van der Waals surface area contributed by atoms with Crippen LogP contribution in [-0.4, -0.2) is 23.2 Å². The average Bonchev–Trinajstić information content (AvgIpc) is 3.08. The Morgan fingerprint density at radius 1 is 1.27 bits per heavy atom. The van der Waals surface area contributed by atoms with Crippen LogP contribution in [0.25, 0.3) is 11.3 Å². The lowest BCUT2D eigenvalue weighted by molar-refractivity contribution is 0.102. The van der Waals surface area contributed by atoms with Crippen molar-refractivity contribution in [2.45, 2.75) is 12.8 Å². The first-order chi connectivity index (χ1) is 12.6. The van der Waals surface area contributed by atoms with Crippen LogP contribution in [0.5, 0.6) is 5.75 Å². The largest absolute Gasteiger partial charge is 0.497 e. The summed E-state index contributed by atoms with van der Waals surface area (Å²) >= 11 is 5.74. The first-order valence-corrected chi connectivity index (χ1v) is 8.45. The molecule has 26 heavy (non-hydrogen) atoms. The molecule has 0 atom stereocenters. The minimum Gasteiger partial charge on any atom is -0.497 e. The van der Waals surface area contributed by atoms with Crippen molar-refractivity contribution < 1.29 is 13.9 Å². The normalized spacial score (nSPS) is 12.3. The van der Waals surface area contributed by atoms with Crippen LogP contribution < -0.4 is 10.1 Å². The highest BCUT2D eigenvalue weighted by atomic mass is 35.5. The number of hydrogen-bond acceptors (Lipinski definition) is 3. The van der Waals surface area contributed by atoms with Gasteiger partial charge in [0.05, 0.1) is 18.5 Å². The van der Waals surface area contributed by atoms with E-state index in [0.717, 1.165) is 40.6 Å². The summed E-state index contributed by atoms with van der Waals surface area (Å²) in [6.45, 7) is 0. The summed E-state index contributed by atoms with van der Waals surface area (Å²) in [5.41, 5.74) is 4.09. The number of nitrogens with zero attached hydrogens (tertiary/aromatic N) is 1. The van der Waals surface area contributed by atoms with Crippen LogP contribution in [0.1, 0.15) is 21.6 Å². The van der Waals surface area contributed by atoms with Gasteiger partial charge in [-0.25, -0.2) is 4.39 Å². The number of hydrogen-bond donors (Lipinski definition) is 2. The molecule has 4 rings (SSSR count). The Hall–Kier alpha value is -2.86. The summed E-state index contributed by atoms with van der Waals surface area (Å²) in [7, 11) is 1.63. The molecule has 1 aromatic heterocycles. The molecule has 0 aliphatic heterocycles. The highest BCUT2D eigenvalue weighted by molar-refractivity contribution is 6.30. The maximum absolute atomic E-state index is 13.9. The van der Waals surface area contributed by atoms with Gasteiger partial charge in [0.15, 0.2) is 0 Å². The topological polar surface area (TPSA) is 67.0 Å². The lowest BCUT2D eigenvalue weighted by Crippen LogP contribution is -2.16. The number of ether oxygens (including phenoxy) is 1. The van der Waals surface area contributed by atoms with Crippen LogP contribution in [0.4, 0.5) is 10.1 Å². The van der Waals surface area contributed by atoms with E-state index in [4.69, 9.17) is 16.3 Å². The number of rotatable bonds is 3. The van der Waals surface area contributed by atoms with Crippen molar-refractivity contribution in [3.05, 3.63) is 64.1 Å². The van der Waals surface area contributed by atoms with Crippen molar-refractivity contribution in [3.8, 4) is 17.0 Å². The molecule has 132 valence electrons. The molecule has 1 aliphatic rings. The van der Waals surface area contributed by atoms with Gasteiger partial charge in [-0.2, -0.15) is 5.10 Å². The van der Waals surface area contributed by atoms with Crippen molar-refractivity contribution >= 4 is 23.2 Å². The van der Waals surface area contributed by atoms with Crippen LogP contribution in [0, 0.1) is 5.82 Å². The van der Waals surface area contributed by atoms with Crippen molar-refractivity contribution in [2.75, 3.05) is 12.4 Å². The molecule has 0 unspecified atom stereocenters. The number of nitrogens with one attached hydrogen (secondary N) is 2. The summed E-state index contributed by atoms with van der Waals surface area (Å²) in [6, 6.07) is 9.89. The highest BCUT2D eigenvalue weighted by Crippen LogP contribution is 2.35. The Morgan fingerprint density at radius 2 is 2.12 bits per heavy atom. The fraction of sp³-hybridized carbons (Fsp3) is 0.158. The van der Waals surface area contributed by atoms with Gasteiger partial charge in [-0.3, -0.25) is 9.89 Å². The minimum atomic E-state index is -0.586. The Kier molecular flexibility index (Phi) is 4.12. The van der Waals surface area contributed by atoms with E-state index in [9.17, 15) is 9.18 Å². The van der Waals surface area contributed by atoms with E-state index < -0.39 is 11.7 Å². The SMILES string of the molecule is COc1ccc2c(c1)CCc1c-2n[nH]c1C(=O)Nc1ccc(Cl)cc1F. The Balaban J connectivity index is 1.65. The first kappa shape index (κ1) is 16.6. The van der Waals surface area contributed by atoms with Crippen molar-refractivity contribution in [1.29, 1.82) is 0 Å². The van der Waals surface area contributed by atoms with Gasteiger partial charge in [0, 0.05) is 16.1 Å². The third kappa shape index (κ3) is 2.82. The fourth-order valence-electron chi connectivity index (χ4n) is 3.19. The predicted octanol–water partition coefficient (Wildman–Crippen LogP) is 4.23. The van der Waals surface area contributed by atoms with Gasteiger partial charge in [-0.05, 0) is 54.8 Å². The molecular weight excluding hydrogens is 357 g/mol. The second kappa shape index (κ2) is 6.46. The van der Waals surface area contributed by atoms with Gasteiger partial charge in [0.2, 0.25) is 0 Å². The number of aromatic amines is 1. The highest BCUT2D eigenvalue weighted by Gasteiger charge is 2.26. The third-order valence-electron chi connectivity index (χ3n) is 4.49. The molecule has 0 radical (unpaired) electrons. The zero-order chi connectivity index (χ0) is 18.3. The van der Waals surface area contributed by atoms with Crippen LogP contribution in [0.15, 0.2) is 36.4 Å². The molecule has 1 amide bonds. The third-order valence-corrected chi connectivity index (χ3v) is 4.72. The summed E-state index contributed by atoms with van der Waals surface area (Å²) in [5.74, 6) is -0.229. The van der Waals surface area contributed by atoms with E-state index in [2.05, 4.69) is 15.5 Å². The fourth-order valence-corrected chi connectivity index (χ4v) is 3.35. The van der Waals surface area contributed by atoms with Crippen LogP contribution in [-0.2, 0) is 12.8 Å². The number of H-pyrrole nitrogens is 1. The van der Waals surface area contributed by atoms with Gasteiger partial charge < -0.3 is 10.1 Å². The number of aromatic nitrogens is 2. The molecular formula is C19H15ClFN3O2. The standard InChI is InChI=1S/C19H15ClFN3O2/c1-26-12-4-6-13-10(8-12)2-5-14-17(13)23-24-18(14)19(25)22-16-7-3-11(20)9-15(16)21/h3-4,6-9H,2,5H2,1H3,(H,22,25)(H,23,24). The zero-order valence-electron chi connectivity index (χ0n) is 13.9. The van der Waals surface area contributed by atoms with Gasteiger partial charge in [0.25, 0.3) is 5.91 Å². The molecule has 0 saturated heterocycles. The molecule has 0 spiro atoms. The van der Waals surface area contributed by atoms with Gasteiger partial charge >= 0.3 is 0 Å². The number of benzene rings is 2. The lowest BCUT2D eigenvalue weighted by Gasteiger charge is -2.17. The molecule has 0 saturated carbocycles. The first-order valence-electron chi connectivity index (χ1n) is 8.07. The van der Waals surface area contributed by atoms with Crippen molar-refractivity contribution in [3.63, 3.8) is 0 Å². The van der Waals surface area contributed by atoms with E-state index in [-0.39, 0.29) is 10.7 Å². The van der Waals surface area contributed by atoms with Crippen molar-refractivity contribution in [1.82, 2.24) is 10.2 Å². The molecule has 2 aromatic carbocycles. The summed E-state index contributed by atoms with van der Waals surface area (Å²) in [6.07, 6.45) is 1.44. The van der Waals surface area contributed by atoms with Crippen LogP contribution in [0.3, 0.4) is 0 Å². The zero-order valence-corrected chi connectivity index (χ0v) is 14.7. The molecule has 3 aromatic rings. The monoisotopic (exact) mass is 371 g/mol. The second-order valence-corrected chi connectivity index (χ2v) is 6.46. The van der Waals surface area contributed by atoms with Gasteiger partial charge in [-0.15, -0.1) is 0 Å². The van der Waals surface area contributed by atoms with Gasteiger partial charge in [-0.1, -0.05) is 11.6 Å². The number of halogens is 2. The summed E-state index contributed by atoms with van der Waals surface area (Å²) in [5, 5.41) is 9.94. The number of amides is 1. The van der Waals surface area contributed by atoms with E-state index in [0.29, 0.717) is 12.1 Å². The smallest absolute Gasteiger partial charge is 0.274 e. The Labute approximate surface area is 154 Å². The maximum atomic E-state index is 13.9. The van der Waals surface area contributed by atoms with E-state index >= 15 is 0 Å². The number of anilines is 1.